The molecule has 1 fully saturated rings. The van der Waals surface area contributed by atoms with Gasteiger partial charge in [-0.3, -0.25) is 9.59 Å². The Morgan fingerprint density at radius 3 is 2.62 bits per heavy atom. The molecule has 24 heavy (non-hydrogen) atoms. The van der Waals surface area contributed by atoms with Gasteiger partial charge in [-0.15, -0.1) is 0 Å². The molecule has 1 aliphatic heterocycles. The fourth-order valence-electron chi connectivity index (χ4n) is 2.98. The van der Waals surface area contributed by atoms with E-state index in [1.807, 2.05) is 42.5 Å². The van der Waals surface area contributed by atoms with Crippen LogP contribution in [0.3, 0.4) is 0 Å². The maximum atomic E-state index is 12.7. The van der Waals surface area contributed by atoms with Crippen molar-refractivity contribution < 1.29 is 14.3 Å². The molecule has 4 nitrogen and oxygen atoms in total. The smallest absolute Gasteiger partial charge is 0.229 e. The minimum Gasteiger partial charge on any atom is -0.349 e. The van der Waals surface area contributed by atoms with E-state index in [0.717, 1.165) is 11.1 Å². The molecule has 1 amide bonds. The molecule has 0 aliphatic carbocycles. The molecule has 2 aromatic carbocycles. The van der Waals surface area contributed by atoms with Gasteiger partial charge < -0.3 is 9.64 Å². The average molecular weight is 344 g/mol. The van der Waals surface area contributed by atoms with Gasteiger partial charge in [0.15, 0.2) is 12.5 Å². The Bertz CT molecular complexity index is 720. The second-order valence-corrected chi connectivity index (χ2v) is 6.25. The van der Waals surface area contributed by atoms with E-state index in [2.05, 4.69) is 0 Å². The summed E-state index contributed by atoms with van der Waals surface area (Å²) in [6, 6.07) is 16.9. The first-order valence-corrected chi connectivity index (χ1v) is 8.21. The van der Waals surface area contributed by atoms with Crippen LogP contribution in [-0.4, -0.2) is 36.0 Å². The van der Waals surface area contributed by atoms with Crippen molar-refractivity contribution >= 4 is 23.8 Å². The van der Waals surface area contributed by atoms with Crippen molar-refractivity contribution in [1.82, 2.24) is 4.90 Å². The Hall–Kier alpha value is -2.17. The van der Waals surface area contributed by atoms with Crippen molar-refractivity contribution in [2.45, 2.75) is 25.1 Å². The van der Waals surface area contributed by atoms with Gasteiger partial charge in [-0.05, 0) is 29.7 Å². The van der Waals surface area contributed by atoms with Crippen LogP contribution >= 0.6 is 11.6 Å². The van der Waals surface area contributed by atoms with E-state index in [9.17, 15) is 9.59 Å². The fraction of sp³-hybridized carbons (Fsp3) is 0.263. The van der Waals surface area contributed by atoms with Crippen LogP contribution in [0.4, 0.5) is 0 Å². The number of hydrogen-bond donors (Lipinski definition) is 0. The van der Waals surface area contributed by atoms with Gasteiger partial charge in [-0.2, -0.15) is 0 Å². The lowest BCUT2D eigenvalue weighted by atomic mass is 10.0. The lowest BCUT2D eigenvalue weighted by Crippen LogP contribution is -2.44. The largest absolute Gasteiger partial charge is 0.349 e. The first-order valence-electron chi connectivity index (χ1n) is 7.84. The maximum absolute atomic E-state index is 12.7. The Balaban J connectivity index is 1.75. The van der Waals surface area contributed by atoms with Crippen LogP contribution in [0.15, 0.2) is 54.6 Å². The SMILES string of the molecule is O=CC1OC[C@@H](Cc2ccccc2)N1C(=O)Cc1cccc(Cl)c1. The summed E-state index contributed by atoms with van der Waals surface area (Å²) in [6.45, 7) is 0.361. The zero-order chi connectivity index (χ0) is 16.9. The van der Waals surface area contributed by atoms with Gasteiger partial charge >= 0.3 is 0 Å². The van der Waals surface area contributed by atoms with Crippen LogP contribution < -0.4 is 0 Å². The first-order chi connectivity index (χ1) is 11.7. The predicted molar refractivity (Wildman–Crippen MR) is 91.7 cm³/mol. The molecule has 0 N–H and O–H groups in total. The van der Waals surface area contributed by atoms with Crippen LogP contribution in [0.5, 0.6) is 0 Å². The number of aldehydes is 1. The van der Waals surface area contributed by atoms with Crippen molar-refractivity contribution in [3.05, 3.63) is 70.7 Å². The van der Waals surface area contributed by atoms with E-state index in [4.69, 9.17) is 16.3 Å². The maximum Gasteiger partial charge on any atom is 0.229 e. The molecule has 0 aromatic heterocycles. The van der Waals surface area contributed by atoms with Crippen molar-refractivity contribution in [2.75, 3.05) is 6.61 Å². The molecular weight excluding hydrogens is 326 g/mol. The summed E-state index contributed by atoms with van der Waals surface area (Å²) in [5, 5.41) is 0.589. The highest BCUT2D eigenvalue weighted by atomic mass is 35.5. The molecule has 124 valence electrons. The van der Waals surface area contributed by atoms with E-state index in [1.165, 1.54) is 0 Å². The quantitative estimate of drug-likeness (QED) is 0.784. The van der Waals surface area contributed by atoms with Gasteiger partial charge in [-0.1, -0.05) is 54.1 Å². The van der Waals surface area contributed by atoms with Gasteiger partial charge in [-0.25, -0.2) is 0 Å². The summed E-state index contributed by atoms with van der Waals surface area (Å²) >= 11 is 5.97. The number of carbonyl (C=O) groups is 2. The van der Waals surface area contributed by atoms with E-state index in [1.54, 1.807) is 17.0 Å². The molecule has 5 heteroatoms. The number of halogens is 1. The lowest BCUT2D eigenvalue weighted by Gasteiger charge is -2.26. The van der Waals surface area contributed by atoms with E-state index < -0.39 is 6.23 Å². The second-order valence-electron chi connectivity index (χ2n) is 5.81. The minimum absolute atomic E-state index is 0.132. The second kappa shape index (κ2) is 7.60. The Morgan fingerprint density at radius 1 is 1.17 bits per heavy atom. The van der Waals surface area contributed by atoms with Crippen LogP contribution in [0.2, 0.25) is 5.02 Å². The Kier molecular flexibility index (Phi) is 5.28. The third-order valence-corrected chi connectivity index (χ3v) is 4.32. The highest BCUT2D eigenvalue weighted by Crippen LogP contribution is 2.22. The predicted octanol–water partition coefficient (Wildman–Crippen LogP) is 2.88. The molecule has 1 saturated heterocycles. The molecular formula is C19H18ClNO3. The number of rotatable bonds is 5. The van der Waals surface area contributed by atoms with E-state index >= 15 is 0 Å². The minimum atomic E-state index is -0.814. The van der Waals surface area contributed by atoms with Crippen LogP contribution in [0.25, 0.3) is 0 Å². The van der Waals surface area contributed by atoms with Crippen LogP contribution in [0, 0.1) is 0 Å². The molecule has 2 atom stereocenters. The van der Waals surface area contributed by atoms with Crippen molar-refractivity contribution in [3.8, 4) is 0 Å². The number of benzene rings is 2. The van der Waals surface area contributed by atoms with Gasteiger partial charge in [0.05, 0.1) is 19.1 Å². The molecule has 0 radical (unpaired) electrons. The third kappa shape index (κ3) is 3.83. The summed E-state index contributed by atoms with van der Waals surface area (Å²) in [5.41, 5.74) is 1.93. The number of hydrogen-bond acceptors (Lipinski definition) is 3. The lowest BCUT2D eigenvalue weighted by molar-refractivity contribution is -0.141. The Morgan fingerprint density at radius 2 is 1.92 bits per heavy atom. The van der Waals surface area contributed by atoms with Crippen LogP contribution in [0.1, 0.15) is 11.1 Å². The van der Waals surface area contributed by atoms with Gasteiger partial charge in [0.25, 0.3) is 0 Å². The Labute approximate surface area is 146 Å². The summed E-state index contributed by atoms with van der Waals surface area (Å²) in [4.78, 5) is 25.6. The average Bonchev–Trinajstić information content (AvgIpc) is 2.98. The van der Waals surface area contributed by atoms with Gasteiger partial charge in [0, 0.05) is 5.02 Å². The van der Waals surface area contributed by atoms with E-state index in [0.29, 0.717) is 24.3 Å². The standard InChI is InChI=1S/C19H18ClNO3/c20-16-8-4-7-15(9-16)11-18(23)21-17(13-24-19(21)12-22)10-14-5-2-1-3-6-14/h1-9,12,17,19H,10-11,13H2/t17-,19?/m1/s1. The summed E-state index contributed by atoms with van der Waals surface area (Å²) in [6.07, 6.45) is 0.720. The summed E-state index contributed by atoms with van der Waals surface area (Å²) in [7, 11) is 0. The molecule has 1 aliphatic rings. The molecule has 0 bridgehead atoms. The molecule has 0 saturated carbocycles. The molecule has 1 unspecified atom stereocenters. The number of ether oxygens (including phenoxy) is 1. The van der Waals surface area contributed by atoms with Crippen molar-refractivity contribution in [1.29, 1.82) is 0 Å². The van der Waals surface area contributed by atoms with Crippen molar-refractivity contribution in [3.63, 3.8) is 0 Å². The number of amides is 1. The summed E-state index contributed by atoms with van der Waals surface area (Å²) < 4.78 is 5.49. The zero-order valence-electron chi connectivity index (χ0n) is 13.1. The molecule has 0 spiro atoms. The fourth-order valence-corrected chi connectivity index (χ4v) is 3.20. The zero-order valence-corrected chi connectivity index (χ0v) is 13.9. The monoisotopic (exact) mass is 343 g/mol. The topological polar surface area (TPSA) is 46.6 Å². The van der Waals surface area contributed by atoms with Gasteiger partial charge in [0.2, 0.25) is 5.91 Å². The van der Waals surface area contributed by atoms with E-state index in [-0.39, 0.29) is 18.4 Å². The summed E-state index contributed by atoms with van der Waals surface area (Å²) in [5.74, 6) is -0.132. The van der Waals surface area contributed by atoms with Crippen molar-refractivity contribution in [2.24, 2.45) is 0 Å². The number of carbonyl (C=O) groups excluding carboxylic acids is 2. The highest BCUT2D eigenvalue weighted by Gasteiger charge is 2.37. The normalized spacial score (nSPS) is 20.1. The third-order valence-electron chi connectivity index (χ3n) is 4.09. The number of nitrogens with zero attached hydrogens (tertiary/aromatic N) is 1. The van der Waals surface area contributed by atoms with Crippen LogP contribution in [-0.2, 0) is 27.2 Å². The highest BCUT2D eigenvalue weighted by molar-refractivity contribution is 6.30. The first kappa shape index (κ1) is 16.7. The molecule has 3 rings (SSSR count). The van der Waals surface area contributed by atoms with Gasteiger partial charge in [0.1, 0.15) is 0 Å². The molecule has 2 aromatic rings. The molecule has 1 heterocycles.